The molecule has 1 N–H and O–H groups in total. The molecule has 8 nitrogen and oxygen atoms in total. The van der Waals surface area contributed by atoms with Crippen molar-refractivity contribution < 1.29 is 41.8 Å². The van der Waals surface area contributed by atoms with Crippen molar-refractivity contribution in [3.63, 3.8) is 0 Å². The standard InChI is InChI=1S/C19H22N2O4.C2HF3O2/c1-13-15(6-9-23-13)19(22)21-8-10-24-18-16(21)4-5-17(18)25-12-14-3-2-7-20-11-14;3-2(4,5)1(6)7/h2-3,6-7,9,11,16-18H,4-5,8,10,12H2,1H3;(H,6,7)/t16-,17+,18+;/m0./s1. The minimum atomic E-state index is -5.08. The summed E-state index contributed by atoms with van der Waals surface area (Å²) in [6, 6.07) is 5.71. The Labute approximate surface area is 181 Å². The van der Waals surface area contributed by atoms with Crippen molar-refractivity contribution in [3.8, 4) is 0 Å². The minimum absolute atomic E-state index is 0.00579. The van der Waals surface area contributed by atoms with Gasteiger partial charge in [-0.25, -0.2) is 4.79 Å². The molecule has 2 fully saturated rings. The second kappa shape index (κ2) is 10.1. The van der Waals surface area contributed by atoms with Gasteiger partial charge in [0.1, 0.15) is 11.9 Å². The molecular weight excluding hydrogens is 433 g/mol. The number of carboxylic acid groups (broad SMARTS) is 1. The second-order valence-corrected chi connectivity index (χ2v) is 7.38. The summed E-state index contributed by atoms with van der Waals surface area (Å²) in [4.78, 5) is 27.8. The highest BCUT2D eigenvalue weighted by Gasteiger charge is 2.45. The SMILES string of the molecule is Cc1occc1C(=O)N1CCO[C@H]2[C@H](OCc3cccnc3)CC[C@@H]21.O=C(O)C(F)(F)F. The number of alkyl halides is 3. The van der Waals surface area contributed by atoms with E-state index in [2.05, 4.69) is 4.98 Å². The van der Waals surface area contributed by atoms with Gasteiger partial charge in [0, 0.05) is 18.9 Å². The second-order valence-electron chi connectivity index (χ2n) is 7.38. The number of aryl methyl sites for hydroxylation is 1. The van der Waals surface area contributed by atoms with E-state index in [1.807, 2.05) is 30.2 Å². The Balaban J connectivity index is 0.000000360. The van der Waals surface area contributed by atoms with E-state index in [0.29, 0.717) is 31.1 Å². The Morgan fingerprint density at radius 1 is 1.31 bits per heavy atom. The van der Waals surface area contributed by atoms with E-state index in [0.717, 1.165) is 18.4 Å². The zero-order valence-corrected chi connectivity index (χ0v) is 17.2. The van der Waals surface area contributed by atoms with Crippen LogP contribution in [0.5, 0.6) is 0 Å². The lowest BCUT2D eigenvalue weighted by Gasteiger charge is -2.39. The number of aromatic nitrogens is 1. The third-order valence-electron chi connectivity index (χ3n) is 5.31. The van der Waals surface area contributed by atoms with Gasteiger partial charge in [0.05, 0.1) is 37.2 Å². The van der Waals surface area contributed by atoms with E-state index in [4.69, 9.17) is 23.8 Å². The zero-order chi connectivity index (χ0) is 23.3. The largest absolute Gasteiger partial charge is 0.490 e. The number of hydrogen-bond acceptors (Lipinski definition) is 6. The number of ether oxygens (including phenoxy) is 2. The fourth-order valence-corrected chi connectivity index (χ4v) is 3.79. The minimum Gasteiger partial charge on any atom is -0.475 e. The summed E-state index contributed by atoms with van der Waals surface area (Å²) in [5.74, 6) is -2.07. The van der Waals surface area contributed by atoms with E-state index in [1.54, 1.807) is 18.5 Å². The highest BCUT2D eigenvalue weighted by atomic mass is 19.4. The Morgan fingerprint density at radius 3 is 2.66 bits per heavy atom. The highest BCUT2D eigenvalue weighted by Crippen LogP contribution is 2.33. The van der Waals surface area contributed by atoms with E-state index >= 15 is 0 Å². The van der Waals surface area contributed by atoms with E-state index in [-0.39, 0.29) is 24.2 Å². The van der Waals surface area contributed by atoms with Crippen molar-refractivity contribution in [1.29, 1.82) is 0 Å². The Morgan fingerprint density at radius 2 is 2.06 bits per heavy atom. The molecule has 3 heterocycles. The Bertz CT molecular complexity index is 918. The number of carbonyl (C=O) groups is 2. The predicted molar refractivity (Wildman–Crippen MR) is 104 cm³/mol. The molecule has 0 aromatic carbocycles. The molecule has 0 bridgehead atoms. The van der Waals surface area contributed by atoms with Gasteiger partial charge in [0.15, 0.2) is 0 Å². The molecule has 1 amide bonds. The van der Waals surface area contributed by atoms with Gasteiger partial charge in [-0.2, -0.15) is 13.2 Å². The summed E-state index contributed by atoms with van der Waals surface area (Å²) in [6.45, 7) is 3.48. The van der Waals surface area contributed by atoms with Crippen LogP contribution in [0.4, 0.5) is 13.2 Å². The summed E-state index contributed by atoms with van der Waals surface area (Å²) in [6.07, 6.45) is 1.77. The predicted octanol–water partition coefficient (Wildman–Crippen LogP) is 3.21. The summed E-state index contributed by atoms with van der Waals surface area (Å²) < 4.78 is 49.1. The maximum atomic E-state index is 12.9. The number of hydrogen-bond donors (Lipinski definition) is 1. The summed E-state index contributed by atoms with van der Waals surface area (Å²) >= 11 is 0. The van der Waals surface area contributed by atoms with E-state index in [1.165, 1.54) is 0 Å². The molecule has 1 saturated heterocycles. The Kier molecular flexibility index (Phi) is 7.52. The fourth-order valence-electron chi connectivity index (χ4n) is 3.79. The van der Waals surface area contributed by atoms with Crippen LogP contribution in [0.15, 0.2) is 41.3 Å². The quantitative estimate of drug-likeness (QED) is 0.754. The molecule has 1 aliphatic carbocycles. The van der Waals surface area contributed by atoms with Crippen molar-refractivity contribution in [1.82, 2.24) is 9.88 Å². The van der Waals surface area contributed by atoms with Crippen molar-refractivity contribution in [2.75, 3.05) is 13.2 Å². The van der Waals surface area contributed by atoms with E-state index < -0.39 is 12.1 Å². The van der Waals surface area contributed by atoms with Crippen LogP contribution in [0.3, 0.4) is 0 Å². The third kappa shape index (κ3) is 5.65. The molecule has 0 spiro atoms. The first-order valence-electron chi connectivity index (χ1n) is 9.95. The number of furan rings is 1. The molecular formula is C21H23F3N2O6. The van der Waals surface area contributed by atoms with Crippen LogP contribution in [0.25, 0.3) is 0 Å². The first kappa shape index (κ1) is 23.7. The molecule has 0 radical (unpaired) electrons. The van der Waals surface area contributed by atoms with Crippen molar-refractivity contribution in [2.24, 2.45) is 0 Å². The van der Waals surface area contributed by atoms with Gasteiger partial charge in [-0.15, -0.1) is 0 Å². The monoisotopic (exact) mass is 456 g/mol. The van der Waals surface area contributed by atoms with Crippen molar-refractivity contribution in [3.05, 3.63) is 53.7 Å². The van der Waals surface area contributed by atoms with Crippen LogP contribution in [-0.2, 0) is 20.9 Å². The molecule has 11 heteroatoms. The smallest absolute Gasteiger partial charge is 0.475 e. The number of halogens is 3. The van der Waals surface area contributed by atoms with Crippen LogP contribution in [0.2, 0.25) is 0 Å². The summed E-state index contributed by atoms with van der Waals surface area (Å²) in [5, 5.41) is 7.12. The van der Waals surface area contributed by atoms with Gasteiger partial charge in [-0.3, -0.25) is 9.78 Å². The molecule has 2 aliphatic rings. The normalized spacial score (nSPS) is 22.6. The van der Waals surface area contributed by atoms with Crippen LogP contribution < -0.4 is 0 Å². The van der Waals surface area contributed by atoms with Crippen LogP contribution in [-0.4, -0.2) is 64.4 Å². The number of aliphatic carboxylic acids is 1. The number of morpholine rings is 1. The molecule has 0 unspecified atom stereocenters. The number of fused-ring (bicyclic) bond motifs is 1. The number of nitrogens with zero attached hydrogens (tertiary/aromatic N) is 2. The zero-order valence-electron chi connectivity index (χ0n) is 17.2. The molecule has 2 aromatic rings. The number of pyridine rings is 1. The molecule has 2 aromatic heterocycles. The van der Waals surface area contributed by atoms with Gasteiger partial charge in [-0.05, 0) is 37.5 Å². The van der Waals surface area contributed by atoms with Crippen LogP contribution in [0, 0.1) is 6.92 Å². The van der Waals surface area contributed by atoms with Crippen LogP contribution in [0.1, 0.15) is 34.5 Å². The van der Waals surface area contributed by atoms with Gasteiger partial charge in [0.2, 0.25) is 0 Å². The van der Waals surface area contributed by atoms with E-state index in [9.17, 15) is 18.0 Å². The molecule has 32 heavy (non-hydrogen) atoms. The fraction of sp³-hybridized carbons (Fsp3) is 0.476. The maximum Gasteiger partial charge on any atom is 0.490 e. The number of rotatable bonds is 4. The molecule has 3 atom stereocenters. The average Bonchev–Trinajstić information content (AvgIpc) is 3.38. The highest BCUT2D eigenvalue weighted by molar-refractivity contribution is 5.95. The lowest BCUT2D eigenvalue weighted by Crippen LogP contribution is -2.53. The van der Waals surface area contributed by atoms with Gasteiger partial charge in [-0.1, -0.05) is 6.07 Å². The lowest BCUT2D eigenvalue weighted by atomic mass is 10.1. The Hall–Kier alpha value is -2.92. The topological polar surface area (TPSA) is 102 Å². The van der Waals surface area contributed by atoms with Crippen molar-refractivity contribution in [2.45, 2.75) is 50.8 Å². The van der Waals surface area contributed by atoms with Gasteiger partial charge >= 0.3 is 12.1 Å². The summed E-state index contributed by atoms with van der Waals surface area (Å²) in [7, 11) is 0. The summed E-state index contributed by atoms with van der Waals surface area (Å²) in [5.41, 5.74) is 1.68. The molecule has 4 rings (SSSR count). The van der Waals surface area contributed by atoms with Gasteiger partial charge < -0.3 is 23.9 Å². The molecule has 1 saturated carbocycles. The van der Waals surface area contributed by atoms with Crippen LogP contribution >= 0.6 is 0 Å². The molecule has 174 valence electrons. The number of amides is 1. The number of carboxylic acids is 1. The molecule has 1 aliphatic heterocycles. The lowest BCUT2D eigenvalue weighted by molar-refractivity contribution is -0.192. The number of carbonyl (C=O) groups excluding carboxylic acids is 1. The third-order valence-corrected chi connectivity index (χ3v) is 5.31. The first-order chi connectivity index (χ1) is 15.2. The van der Waals surface area contributed by atoms with Crippen molar-refractivity contribution >= 4 is 11.9 Å². The first-order valence-corrected chi connectivity index (χ1v) is 9.95. The average molecular weight is 456 g/mol. The van der Waals surface area contributed by atoms with Gasteiger partial charge in [0.25, 0.3) is 5.91 Å². The maximum absolute atomic E-state index is 12.9.